The third-order valence-corrected chi connectivity index (χ3v) is 6.14. The zero-order valence-corrected chi connectivity index (χ0v) is 16.8. The highest BCUT2D eigenvalue weighted by Crippen LogP contribution is 2.47. The Morgan fingerprint density at radius 2 is 1.87 bits per heavy atom. The molecule has 1 amide bonds. The smallest absolute Gasteiger partial charge is 0.258 e. The first kappa shape index (κ1) is 19.1. The van der Waals surface area contributed by atoms with Crippen molar-refractivity contribution in [2.75, 3.05) is 31.1 Å². The number of aromatic amines is 1. The van der Waals surface area contributed by atoms with Gasteiger partial charge < -0.3 is 19.9 Å². The van der Waals surface area contributed by atoms with E-state index in [4.69, 9.17) is 5.26 Å². The number of hydrogen-bond donors (Lipinski definition) is 2. The van der Waals surface area contributed by atoms with Gasteiger partial charge in [0, 0.05) is 43.7 Å². The lowest BCUT2D eigenvalue weighted by molar-refractivity contribution is -0.133. The van der Waals surface area contributed by atoms with E-state index in [9.17, 15) is 14.7 Å². The van der Waals surface area contributed by atoms with Gasteiger partial charge in [0.05, 0.1) is 17.0 Å². The third kappa shape index (κ3) is 3.48. The van der Waals surface area contributed by atoms with E-state index < -0.39 is 0 Å². The van der Waals surface area contributed by atoms with E-state index in [1.165, 1.54) is 6.07 Å². The highest BCUT2D eigenvalue weighted by atomic mass is 16.3. The van der Waals surface area contributed by atoms with E-state index in [1.807, 2.05) is 17.0 Å². The number of hydrogen-bond acceptors (Lipinski definition) is 6. The van der Waals surface area contributed by atoms with E-state index in [1.54, 1.807) is 24.3 Å². The van der Waals surface area contributed by atoms with Gasteiger partial charge in [-0.1, -0.05) is 6.07 Å². The molecule has 2 atom stereocenters. The normalized spacial score (nSPS) is 20.5. The molecule has 2 unspecified atom stereocenters. The number of aromatic nitrogens is 2. The standard InChI is InChI=1S/C23H21N5O3/c24-13-14-4-6-15(7-5-14)27-8-10-28(11-9-27)23(31)18-12-17(18)21-25-20-16(22(30)26-21)2-1-3-19(20)29/h1-7,17-18,29H,8-12H2,(H,25,26,30). The quantitative estimate of drug-likeness (QED) is 0.676. The topological polar surface area (TPSA) is 113 Å². The summed E-state index contributed by atoms with van der Waals surface area (Å²) in [6.07, 6.45) is 0.650. The van der Waals surface area contributed by atoms with Crippen LogP contribution in [0.2, 0.25) is 0 Å². The zero-order chi connectivity index (χ0) is 21.5. The van der Waals surface area contributed by atoms with Crippen molar-refractivity contribution in [3.8, 4) is 11.8 Å². The van der Waals surface area contributed by atoms with E-state index >= 15 is 0 Å². The number of nitrogens with zero attached hydrogens (tertiary/aromatic N) is 4. The van der Waals surface area contributed by atoms with Crippen LogP contribution < -0.4 is 10.5 Å². The van der Waals surface area contributed by atoms with E-state index in [2.05, 4.69) is 20.9 Å². The summed E-state index contributed by atoms with van der Waals surface area (Å²) >= 11 is 0. The van der Waals surface area contributed by atoms with Gasteiger partial charge in [0.25, 0.3) is 5.56 Å². The van der Waals surface area contributed by atoms with Crippen LogP contribution in [-0.4, -0.2) is 52.1 Å². The number of phenolic OH excluding ortho intramolecular Hbond substituents is 1. The first-order chi connectivity index (χ1) is 15.0. The molecule has 1 aliphatic carbocycles. The van der Waals surface area contributed by atoms with Gasteiger partial charge in [-0.25, -0.2) is 4.98 Å². The molecule has 156 valence electrons. The first-order valence-electron chi connectivity index (χ1n) is 10.3. The summed E-state index contributed by atoms with van der Waals surface area (Å²) in [5.41, 5.74) is 1.65. The summed E-state index contributed by atoms with van der Waals surface area (Å²) in [5, 5.41) is 19.3. The zero-order valence-electron chi connectivity index (χ0n) is 16.8. The number of aromatic hydroxyl groups is 1. The van der Waals surface area contributed by atoms with Crippen LogP contribution in [0.5, 0.6) is 5.75 Å². The number of para-hydroxylation sites is 1. The molecule has 0 radical (unpaired) electrons. The molecule has 5 rings (SSSR count). The molecule has 31 heavy (non-hydrogen) atoms. The van der Waals surface area contributed by atoms with Gasteiger partial charge in [-0.05, 0) is 42.8 Å². The van der Waals surface area contributed by atoms with E-state index in [0.717, 1.165) is 18.8 Å². The van der Waals surface area contributed by atoms with Crippen molar-refractivity contribution in [2.24, 2.45) is 5.92 Å². The van der Waals surface area contributed by atoms with Gasteiger partial charge in [0.15, 0.2) is 0 Å². The van der Waals surface area contributed by atoms with Crippen LogP contribution in [0.25, 0.3) is 10.9 Å². The Hall–Kier alpha value is -3.86. The Morgan fingerprint density at radius 1 is 1.13 bits per heavy atom. The fourth-order valence-corrected chi connectivity index (χ4v) is 4.28. The summed E-state index contributed by atoms with van der Waals surface area (Å²) < 4.78 is 0. The van der Waals surface area contributed by atoms with Crippen LogP contribution in [-0.2, 0) is 4.79 Å². The minimum absolute atomic E-state index is 0.0349. The molecule has 2 aliphatic rings. The highest BCUT2D eigenvalue weighted by molar-refractivity contribution is 5.85. The number of piperazine rings is 1. The van der Waals surface area contributed by atoms with Crippen LogP contribution >= 0.6 is 0 Å². The van der Waals surface area contributed by atoms with Crippen molar-refractivity contribution in [2.45, 2.75) is 12.3 Å². The van der Waals surface area contributed by atoms with Crippen LogP contribution in [0.15, 0.2) is 47.3 Å². The maximum atomic E-state index is 13.0. The number of carbonyl (C=O) groups is 1. The molecule has 2 N–H and O–H groups in total. The van der Waals surface area contributed by atoms with Crippen molar-refractivity contribution in [3.05, 3.63) is 64.2 Å². The molecule has 2 fully saturated rings. The van der Waals surface area contributed by atoms with Gasteiger partial charge in [0.2, 0.25) is 5.91 Å². The molecule has 0 bridgehead atoms. The van der Waals surface area contributed by atoms with Gasteiger partial charge in [-0.3, -0.25) is 9.59 Å². The minimum Gasteiger partial charge on any atom is -0.506 e. The molecular formula is C23H21N5O3. The number of anilines is 1. The Bertz CT molecular complexity index is 1250. The van der Waals surface area contributed by atoms with Gasteiger partial charge in [-0.15, -0.1) is 0 Å². The molecule has 0 spiro atoms. The minimum atomic E-state index is -0.301. The molecule has 8 heteroatoms. The summed E-state index contributed by atoms with van der Waals surface area (Å²) in [6.45, 7) is 2.72. The van der Waals surface area contributed by atoms with Gasteiger partial charge >= 0.3 is 0 Å². The van der Waals surface area contributed by atoms with Crippen LogP contribution in [0, 0.1) is 17.2 Å². The molecule has 1 aliphatic heterocycles. The second kappa shape index (κ2) is 7.43. The molecule has 1 saturated heterocycles. The SMILES string of the molecule is N#Cc1ccc(N2CCN(C(=O)C3CC3c3nc4c(O)cccc4c(=O)[nH]3)CC2)cc1. The van der Waals surface area contributed by atoms with Crippen LogP contribution in [0.1, 0.15) is 23.7 Å². The predicted molar refractivity (Wildman–Crippen MR) is 115 cm³/mol. The summed E-state index contributed by atoms with van der Waals surface area (Å²) in [7, 11) is 0. The van der Waals surface area contributed by atoms with Crippen molar-refractivity contribution >= 4 is 22.5 Å². The Labute approximate surface area is 178 Å². The maximum absolute atomic E-state index is 13.0. The number of phenols is 1. The molecule has 1 saturated carbocycles. The predicted octanol–water partition coefficient (Wildman–Crippen LogP) is 1.95. The number of H-pyrrole nitrogens is 1. The van der Waals surface area contributed by atoms with Crippen molar-refractivity contribution in [1.29, 1.82) is 5.26 Å². The number of benzene rings is 2. The van der Waals surface area contributed by atoms with Crippen molar-refractivity contribution in [1.82, 2.24) is 14.9 Å². The third-order valence-electron chi connectivity index (χ3n) is 6.14. The van der Waals surface area contributed by atoms with Gasteiger partial charge in [0.1, 0.15) is 17.1 Å². The Balaban J connectivity index is 1.25. The Morgan fingerprint density at radius 3 is 2.58 bits per heavy atom. The molecule has 3 aromatic rings. The highest BCUT2D eigenvalue weighted by Gasteiger charge is 2.48. The average Bonchev–Trinajstić information content (AvgIpc) is 3.60. The van der Waals surface area contributed by atoms with Crippen molar-refractivity contribution < 1.29 is 9.90 Å². The van der Waals surface area contributed by atoms with Gasteiger partial charge in [-0.2, -0.15) is 5.26 Å². The second-order valence-electron chi connectivity index (χ2n) is 8.04. The van der Waals surface area contributed by atoms with Crippen LogP contribution in [0.4, 0.5) is 5.69 Å². The number of rotatable bonds is 3. The number of fused-ring (bicyclic) bond motifs is 1. The van der Waals surface area contributed by atoms with E-state index in [0.29, 0.717) is 36.3 Å². The molecule has 2 heterocycles. The lowest BCUT2D eigenvalue weighted by Gasteiger charge is -2.36. The fraction of sp³-hybridized carbons (Fsp3) is 0.304. The van der Waals surface area contributed by atoms with Crippen molar-refractivity contribution in [3.63, 3.8) is 0 Å². The maximum Gasteiger partial charge on any atom is 0.258 e. The number of carbonyl (C=O) groups excluding carboxylic acids is 1. The monoisotopic (exact) mass is 415 g/mol. The lowest BCUT2D eigenvalue weighted by atomic mass is 10.2. The lowest BCUT2D eigenvalue weighted by Crippen LogP contribution is -2.49. The Kier molecular flexibility index (Phi) is 4.59. The molecule has 8 nitrogen and oxygen atoms in total. The number of nitrogens with one attached hydrogen (secondary N) is 1. The summed E-state index contributed by atoms with van der Waals surface area (Å²) in [6, 6.07) is 14.3. The molecular weight excluding hydrogens is 394 g/mol. The van der Waals surface area contributed by atoms with Crippen LogP contribution in [0.3, 0.4) is 0 Å². The summed E-state index contributed by atoms with van der Waals surface area (Å²) in [4.78, 5) is 36.6. The number of amides is 1. The summed E-state index contributed by atoms with van der Waals surface area (Å²) in [5.74, 6) is 0.207. The largest absolute Gasteiger partial charge is 0.506 e. The second-order valence-corrected chi connectivity index (χ2v) is 8.04. The fourth-order valence-electron chi connectivity index (χ4n) is 4.28. The average molecular weight is 415 g/mol. The number of nitriles is 1. The first-order valence-corrected chi connectivity index (χ1v) is 10.3. The molecule has 1 aromatic heterocycles. The van der Waals surface area contributed by atoms with E-state index in [-0.39, 0.29) is 34.6 Å². The molecule has 2 aromatic carbocycles.